The number of alkyl halides is 1. The molecule has 0 rings (SSSR count). The lowest BCUT2D eigenvalue weighted by Gasteiger charge is -1.92. The summed E-state index contributed by atoms with van der Waals surface area (Å²) >= 11 is 0. The number of halogens is 2. The maximum Gasteiger partial charge on any atom is 0.435 e. The fourth-order valence-electron chi connectivity index (χ4n) is 0.200. The zero-order valence-corrected chi connectivity index (χ0v) is 6.98. The van der Waals surface area contributed by atoms with Crippen LogP contribution in [0.2, 0.25) is 0 Å². The summed E-state index contributed by atoms with van der Waals surface area (Å²) in [5.74, 6) is -0.789. The average molecular weight is 238 g/mol. The van der Waals surface area contributed by atoms with Gasteiger partial charge < -0.3 is 4.74 Å². The molecule has 0 spiro atoms. The minimum atomic E-state index is -5.17. The molecule has 0 aliphatic rings. The molecule has 0 bridgehead atoms. The van der Waals surface area contributed by atoms with Crippen LogP contribution in [-0.2, 0) is 20.0 Å². The smallest absolute Gasteiger partial charge is 0.435 e. The molecule has 0 aromatic carbocycles. The molecule has 5 nitrogen and oxygen atoms in total. The van der Waals surface area contributed by atoms with Gasteiger partial charge in [-0.25, -0.2) is 9.18 Å². The molecule has 14 heavy (non-hydrogen) atoms. The summed E-state index contributed by atoms with van der Waals surface area (Å²) in [5, 5.41) is 0. The maximum atomic E-state index is 11.1. The van der Waals surface area contributed by atoms with E-state index in [-0.39, 0.29) is 21.5 Å². The van der Waals surface area contributed by atoms with Crippen molar-refractivity contribution < 1.29 is 30.8 Å². The van der Waals surface area contributed by atoms with Gasteiger partial charge in [-0.2, -0.15) is 8.42 Å². The number of rotatable bonds is 2. The van der Waals surface area contributed by atoms with E-state index < -0.39 is 23.1 Å². The molecule has 90 valence electrons. The van der Waals surface area contributed by atoms with Crippen molar-refractivity contribution in [2.24, 2.45) is 0 Å². The Labute approximate surface area is 83.1 Å². The first-order chi connectivity index (χ1) is 5.31. The molecular formula is C6H16F2O5S. The third kappa shape index (κ3) is 65.6. The van der Waals surface area contributed by atoms with E-state index in [4.69, 9.17) is 13.0 Å². The molecule has 0 aliphatic heterocycles. The van der Waals surface area contributed by atoms with E-state index in [0.717, 1.165) is 0 Å². The zero-order chi connectivity index (χ0) is 10.2. The van der Waals surface area contributed by atoms with E-state index in [2.05, 4.69) is 4.74 Å². The zero-order valence-electron chi connectivity index (χ0n) is 6.16. The van der Waals surface area contributed by atoms with E-state index in [1.54, 1.807) is 6.92 Å². The van der Waals surface area contributed by atoms with Crippen LogP contribution in [0.5, 0.6) is 0 Å². The second-order valence-corrected chi connectivity index (χ2v) is 2.17. The molecule has 0 unspecified atom stereocenters. The predicted octanol–water partition coefficient (Wildman–Crippen LogP) is 1.55. The van der Waals surface area contributed by atoms with Crippen LogP contribution < -0.4 is 0 Å². The largest absolute Gasteiger partial charge is 0.464 e. The fourth-order valence-corrected chi connectivity index (χ4v) is 0.200. The quantitative estimate of drug-likeness (QED) is 0.448. The van der Waals surface area contributed by atoms with Crippen molar-refractivity contribution >= 4 is 16.5 Å². The van der Waals surface area contributed by atoms with Crippen LogP contribution in [0.15, 0.2) is 0 Å². The third-order valence-corrected chi connectivity index (χ3v) is 0.414. The van der Waals surface area contributed by atoms with E-state index in [1.165, 1.54) is 0 Å². The summed E-state index contributed by atoms with van der Waals surface area (Å²) in [6.45, 7) is 0.865. The average Bonchev–Trinajstić information content (AvgIpc) is 1.85. The van der Waals surface area contributed by atoms with E-state index in [9.17, 15) is 13.1 Å². The Morgan fingerprint density at radius 2 is 1.71 bits per heavy atom. The van der Waals surface area contributed by atoms with Crippen LogP contribution in [0.3, 0.4) is 0 Å². The van der Waals surface area contributed by atoms with Gasteiger partial charge in [0.15, 0.2) is 6.67 Å². The first kappa shape index (κ1) is 23.2. The molecule has 8 heteroatoms. The highest BCUT2D eigenvalue weighted by molar-refractivity contribution is 7.80. The van der Waals surface area contributed by atoms with Crippen LogP contribution in [0.1, 0.15) is 21.8 Å². The molecular weight excluding hydrogens is 222 g/mol. The Morgan fingerprint density at radius 1 is 1.43 bits per heavy atom. The number of esters is 1. The standard InChI is InChI=1S/C4H7FO2.2CH4.FHO3S/c1-2-7-4(6)3-5;;;1-5(2,3)4/h2-3H2,1H3;2*1H4;(H,2,3,4). The van der Waals surface area contributed by atoms with E-state index in [0.29, 0.717) is 0 Å². The molecule has 0 saturated heterocycles. The monoisotopic (exact) mass is 238 g/mol. The lowest BCUT2D eigenvalue weighted by atomic mass is 10.7. The number of hydrogen-bond donors (Lipinski definition) is 1. The van der Waals surface area contributed by atoms with Gasteiger partial charge in [0.2, 0.25) is 0 Å². The summed E-state index contributed by atoms with van der Waals surface area (Å²) in [4.78, 5) is 9.81. The summed E-state index contributed by atoms with van der Waals surface area (Å²) in [6, 6.07) is 0. The molecule has 0 aromatic rings. The van der Waals surface area contributed by atoms with Gasteiger partial charge in [-0.05, 0) is 6.92 Å². The number of carbonyl (C=O) groups is 1. The maximum absolute atomic E-state index is 11.1. The van der Waals surface area contributed by atoms with Gasteiger partial charge in [0.05, 0.1) is 6.61 Å². The Morgan fingerprint density at radius 3 is 1.79 bits per heavy atom. The first-order valence-corrected chi connectivity index (χ1v) is 4.04. The van der Waals surface area contributed by atoms with E-state index in [1.807, 2.05) is 0 Å². The van der Waals surface area contributed by atoms with Gasteiger partial charge in [0.1, 0.15) is 0 Å². The van der Waals surface area contributed by atoms with Gasteiger partial charge in [-0.3, -0.25) is 4.55 Å². The number of carbonyl (C=O) groups excluding carboxylic acids is 1. The second kappa shape index (κ2) is 12.2. The van der Waals surface area contributed by atoms with Crippen LogP contribution in [0.4, 0.5) is 8.28 Å². The summed E-state index contributed by atoms with van der Waals surface area (Å²) in [5.41, 5.74) is 0. The minimum Gasteiger partial charge on any atom is -0.464 e. The molecule has 0 aliphatic carbocycles. The van der Waals surface area contributed by atoms with Crippen molar-refractivity contribution in [3.63, 3.8) is 0 Å². The lowest BCUT2D eigenvalue weighted by molar-refractivity contribution is -0.144. The van der Waals surface area contributed by atoms with Crippen molar-refractivity contribution in [3.05, 3.63) is 0 Å². The van der Waals surface area contributed by atoms with Crippen molar-refractivity contribution in [1.29, 1.82) is 0 Å². The van der Waals surface area contributed by atoms with E-state index >= 15 is 0 Å². The van der Waals surface area contributed by atoms with Crippen molar-refractivity contribution in [2.45, 2.75) is 21.8 Å². The Kier molecular flexibility index (Phi) is 20.3. The third-order valence-electron chi connectivity index (χ3n) is 0.414. The van der Waals surface area contributed by atoms with Crippen LogP contribution in [-0.4, -0.2) is 32.2 Å². The van der Waals surface area contributed by atoms with Gasteiger partial charge in [-0.15, -0.1) is 0 Å². The Bertz CT molecular complexity index is 206. The molecule has 0 fully saturated rings. The highest BCUT2D eigenvalue weighted by atomic mass is 32.3. The lowest BCUT2D eigenvalue weighted by Crippen LogP contribution is -2.04. The summed E-state index contributed by atoms with van der Waals surface area (Å²) in [6.07, 6.45) is 0. The Balaban J connectivity index is -0.0000000651. The van der Waals surface area contributed by atoms with Crippen molar-refractivity contribution in [1.82, 2.24) is 0 Å². The minimum absolute atomic E-state index is 0. The Hall–Kier alpha value is -0.760. The number of ether oxygens (including phenoxy) is 1. The van der Waals surface area contributed by atoms with Gasteiger partial charge in [0, 0.05) is 0 Å². The summed E-state index contributed by atoms with van der Waals surface area (Å²) in [7, 11) is -5.17. The van der Waals surface area contributed by atoms with Crippen molar-refractivity contribution in [2.75, 3.05) is 13.3 Å². The molecule has 0 atom stereocenters. The number of hydrogen-bond acceptors (Lipinski definition) is 4. The highest BCUT2D eigenvalue weighted by Gasteiger charge is 1.94. The van der Waals surface area contributed by atoms with Gasteiger partial charge in [-0.1, -0.05) is 18.7 Å². The topological polar surface area (TPSA) is 80.7 Å². The normalized spacial score (nSPS) is 8.29. The molecule has 0 saturated carbocycles. The predicted molar refractivity (Wildman–Crippen MR) is 48.7 cm³/mol. The first-order valence-electron chi connectivity index (χ1n) is 2.70. The molecule has 0 aromatic heterocycles. The van der Waals surface area contributed by atoms with Gasteiger partial charge in [0.25, 0.3) is 0 Å². The molecule has 0 amide bonds. The van der Waals surface area contributed by atoms with Crippen LogP contribution in [0.25, 0.3) is 0 Å². The molecule has 0 heterocycles. The van der Waals surface area contributed by atoms with Crippen LogP contribution in [0, 0.1) is 0 Å². The van der Waals surface area contributed by atoms with Crippen LogP contribution >= 0.6 is 0 Å². The molecule has 0 radical (unpaired) electrons. The SMILES string of the molecule is C.C.CCOC(=O)CF.O=S(=O)(O)F. The van der Waals surface area contributed by atoms with Crippen molar-refractivity contribution in [3.8, 4) is 0 Å². The molecule has 1 N–H and O–H groups in total. The van der Waals surface area contributed by atoms with Gasteiger partial charge >= 0.3 is 16.5 Å². The summed E-state index contributed by atoms with van der Waals surface area (Å²) < 4.78 is 49.4. The second-order valence-electron chi connectivity index (χ2n) is 1.35. The fraction of sp³-hybridized carbons (Fsp3) is 0.833. The highest BCUT2D eigenvalue weighted by Crippen LogP contribution is 1.76.